The number of carbonyl (C=O) groups excluding carboxylic acids is 1. The summed E-state index contributed by atoms with van der Waals surface area (Å²) in [6, 6.07) is 3.27. The second-order valence-corrected chi connectivity index (χ2v) is 5.24. The van der Waals surface area contributed by atoms with E-state index >= 15 is 0 Å². The zero-order valence-electron chi connectivity index (χ0n) is 11.2. The molecule has 0 saturated carbocycles. The van der Waals surface area contributed by atoms with Gasteiger partial charge in [0.25, 0.3) is 5.91 Å². The van der Waals surface area contributed by atoms with Gasteiger partial charge in [-0.2, -0.15) is 8.42 Å². The summed E-state index contributed by atoms with van der Waals surface area (Å²) in [5.41, 5.74) is 0. The number of carbonyl (C=O) groups is 1. The summed E-state index contributed by atoms with van der Waals surface area (Å²) in [7, 11) is -3.52. The Morgan fingerprint density at radius 2 is 2.05 bits per heavy atom. The van der Waals surface area contributed by atoms with E-state index in [-0.39, 0.29) is 24.0 Å². The number of ether oxygens (including phenoxy) is 2. The van der Waals surface area contributed by atoms with Crippen molar-refractivity contribution in [3.8, 4) is 11.5 Å². The summed E-state index contributed by atoms with van der Waals surface area (Å²) in [5.74, 6) is -0.116. The lowest BCUT2D eigenvalue weighted by Gasteiger charge is -2.11. The lowest BCUT2D eigenvalue weighted by atomic mass is 10.3. The summed E-state index contributed by atoms with van der Waals surface area (Å²) in [5, 5.41) is 2.62. The van der Waals surface area contributed by atoms with E-state index in [1.807, 2.05) is 6.92 Å². The average Bonchev–Trinajstić information content (AvgIpc) is 2.41. The van der Waals surface area contributed by atoms with E-state index in [1.54, 1.807) is 0 Å². The van der Waals surface area contributed by atoms with Gasteiger partial charge in [-0.15, -0.1) is 3.89 Å². The quantitative estimate of drug-likeness (QED) is 0.767. The summed E-state index contributed by atoms with van der Waals surface area (Å²) in [6.45, 7) is 2.22. The van der Waals surface area contributed by atoms with Crippen LogP contribution in [-0.2, 0) is 15.0 Å². The third kappa shape index (κ3) is 4.69. The van der Waals surface area contributed by atoms with Gasteiger partial charge < -0.3 is 14.8 Å². The molecular formula is C12H16FNO5S. The Hall–Kier alpha value is -1.83. The van der Waals surface area contributed by atoms with Crippen molar-refractivity contribution in [3.63, 3.8) is 0 Å². The molecule has 0 atom stereocenters. The van der Waals surface area contributed by atoms with Crippen molar-refractivity contribution in [2.45, 2.75) is 18.2 Å². The minimum absolute atomic E-state index is 0.0343. The van der Waals surface area contributed by atoms with Gasteiger partial charge in [0.1, 0.15) is 4.90 Å². The lowest BCUT2D eigenvalue weighted by Crippen LogP contribution is -2.29. The molecule has 0 aromatic heterocycles. The molecule has 1 N–H and O–H groups in total. The van der Waals surface area contributed by atoms with Crippen molar-refractivity contribution < 1.29 is 26.6 Å². The second-order valence-electron chi connectivity index (χ2n) is 3.89. The van der Waals surface area contributed by atoms with Gasteiger partial charge in [0.05, 0.1) is 7.11 Å². The Labute approximate surface area is 117 Å². The van der Waals surface area contributed by atoms with Crippen LogP contribution in [0.15, 0.2) is 23.1 Å². The maximum Gasteiger partial charge on any atom is 0.332 e. The monoisotopic (exact) mass is 305 g/mol. The van der Waals surface area contributed by atoms with Gasteiger partial charge in [0, 0.05) is 12.6 Å². The number of amides is 1. The second kappa shape index (κ2) is 7.09. The van der Waals surface area contributed by atoms with Crippen LogP contribution in [0.2, 0.25) is 0 Å². The Bertz CT molecular complexity index is 573. The predicted molar refractivity (Wildman–Crippen MR) is 70.1 cm³/mol. The van der Waals surface area contributed by atoms with Crippen LogP contribution in [0.5, 0.6) is 11.5 Å². The SMILES string of the molecule is CCCNC(=O)COc1ccc(S(=O)(=O)F)cc1OC. The van der Waals surface area contributed by atoms with E-state index in [2.05, 4.69) is 5.32 Å². The molecule has 0 saturated heterocycles. The van der Waals surface area contributed by atoms with Crippen molar-refractivity contribution >= 4 is 16.1 Å². The summed E-state index contributed by atoms with van der Waals surface area (Å²) < 4.78 is 44.5. The number of hydrogen-bond acceptors (Lipinski definition) is 5. The fraction of sp³-hybridized carbons (Fsp3) is 0.417. The largest absolute Gasteiger partial charge is 0.493 e. The molecule has 0 aliphatic carbocycles. The summed E-state index contributed by atoms with van der Waals surface area (Å²) in [6.07, 6.45) is 0.804. The fourth-order valence-electron chi connectivity index (χ4n) is 1.38. The van der Waals surface area contributed by atoms with Crippen LogP contribution in [0.25, 0.3) is 0 Å². The maximum atomic E-state index is 12.8. The van der Waals surface area contributed by atoms with Crippen LogP contribution in [0.1, 0.15) is 13.3 Å². The molecule has 8 heteroatoms. The molecule has 1 aromatic rings. The van der Waals surface area contributed by atoms with E-state index < -0.39 is 15.1 Å². The normalized spacial score (nSPS) is 10.9. The first kappa shape index (κ1) is 16.2. The van der Waals surface area contributed by atoms with Crippen molar-refractivity contribution in [1.82, 2.24) is 5.32 Å². The van der Waals surface area contributed by atoms with Crippen molar-refractivity contribution in [3.05, 3.63) is 18.2 Å². The highest BCUT2D eigenvalue weighted by Gasteiger charge is 2.16. The summed E-state index contributed by atoms with van der Waals surface area (Å²) in [4.78, 5) is 10.8. The summed E-state index contributed by atoms with van der Waals surface area (Å²) >= 11 is 0. The van der Waals surface area contributed by atoms with Crippen molar-refractivity contribution in [1.29, 1.82) is 0 Å². The molecule has 0 aliphatic heterocycles. The first-order valence-electron chi connectivity index (χ1n) is 5.90. The van der Waals surface area contributed by atoms with Gasteiger partial charge in [-0.05, 0) is 18.6 Å². The zero-order valence-corrected chi connectivity index (χ0v) is 12.0. The average molecular weight is 305 g/mol. The van der Waals surface area contributed by atoms with Gasteiger partial charge in [-0.1, -0.05) is 6.92 Å². The molecule has 1 aromatic carbocycles. The van der Waals surface area contributed by atoms with E-state index in [4.69, 9.17) is 9.47 Å². The minimum Gasteiger partial charge on any atom is -0.493 e. The number of rotatable bonds is 7. The molecule has 1 amide bonds. The van der Waals surface area contributed by atoms with Crippen LogP contribution >= 0.6 is 0 Å². The highest BCUT2D eigenvalue weighted by Crippen LogP contribution is 2.30. The Morgan fingerprint density at radius 1 is 1.35 bits per heavy atom. The van der Waals surface area contributed by atoms with Crippen LogP contribution in [0.3, 0.4) is 0 Å². The van der Waals surface area contributed by atoms with E-state index in [1.165, 1.54) is 13.2 Å². The topological polar surface area (TPSA) is 81.7 Å². The highest BCUT2D eigenvalue weighted by molar-refractivity contribution is 7.86. The smallest absolute Gasteiger partial charge is 0.332 e. The first-order valence-corrected chi connectivity index (χ1v) is 7.29. The predicted octanol–water partition coefficient (Wildman–Crippen LogP) is 1.26. The molecule has 0 unspecified atom stereocenters. The molecular weight excluding hydrogens is 289 g/mol. The third-order valence-electron chi connectivity index (χ3n) is 2.35. The van der Waals surface area contributed by atoms with E-state index in [0.717, 1.165) is 18.6 Å². The maximum absolute atomic E-state index is 12.8. The first-order chi connectivity index (χ1) is 9.38. The van der Waals surface area contributed by atoms with Crippen LogP contribution in [-0.4, -0.2) is 34.6 Å². The highest BCUT2D eigenvalue weighted by atomic mass is 32.3. The third-order valence-corrected chi connectivity index (χ3v) is 3.16. The number of nitrogens with one attached hydrogen (secondary N) is 1. The lowest BCUT2D eigenvalue weighted by molar-refractivity contribution is -0.123. The molecule has 1 rings (SSSR count). The fourth-order valence-corrected chi connectivity index (χ4v) is 1.86. The minimum atomic E-state index is -4.81. The molecule has 0 aliphatic rings. The molecule has 0 bridgehead atoms. The number of hydrogen-bond donors (Lipinski definition) is 1. The van der Waals surface area contributed by atoms with Gasteiger partial charge in [-0.25, -0.2) is 0 Å². The molecule has 0 spiro atoms. The number of halogens is 1. The van der Waals surface area contributed by atoms with Gasteiger partial charge >= 0.3 is 10.2 Å². The van der Waals surface area contributed by atoms with Gasteiger partial charge in [-0.3, -0.25) is 4.79 Å². The van der Waals surface area contributed by atoms with E-state index in [0.29, 0.717) is 6.54 Å². The molecule has 112 valence electrons. The van der Waals surface area contributed by atoms with Crippen LogP contribution in [0, 0.1) is 0 Å². The van der Waals surface area contributed by atoms with Gasteiger partial charge in [0.2, 0.25) is 0 Å². The molecule has 20 heavy (non-hydrogen) atoms. The van der Waals surface area contributed by atoms with Crippen molar-refractivity contribution in [2.24, 2.45) is 0 Å². The molecule has 0 radical (unpaired) electrons. The molecule has 6 nitrogen and oxygen atoms in total. The van der Waals surface area contributed by atoms with Crippen LogP contribution < -0.4 is 14.8 Å². The zero-order chi connectivity index (χ0) is 15.2. The Kier molecular flexibility index (Phi) is 5.75. The van der Waals surface area contributed by atoms with E-state index in [9.17, 15) is 17.1 Å². The molecule has 0 fully saturated rings. The standard InChI is InChI=1S/C12H16FNO5S/c1-3-6-14-12(15)8-19-10-5-4-9(20(13,16)17)7-11(10)18-2/h4-5,7H,3,6,8H2,1-2H3,(H,14,15). The van der Waals surface area contributed by atoms with Crippen LogP contribution in [0.4, 0.5) is 3.89 Å². The number of methoxy groups -OCH3 is 1. The number of benzene rings is 1. The van der Waals surface area contributed by atoms with Gasteiger partial charge in [0.15, 0.2) is 18.1 Å². The molecule has 0 heterocycles. The Balaban J connectivity index is 2.79. The Morgan fingerprint density at radius 3 is 2.60 bits per heavy atom. The van der Waals surface area contributed by atoms with Crippen molar-refractivity contribution in [2.75, 3.05) is 20.3 Å².